The van der Waals surface area contributed by atoms with Crippen LogP contribution in [-0.4, -0.2) is 28.7 Å². The third kappa shape index (κ3) is 1.09. The second kappa shape index (κ2) is 2.83. The summed E-state index contributed by atoms with van der Waals surface area (Å²) in [5.74, 6) is 0.375. The van der Waals surface area contributed by atoms with Gasteiger partial charge in [-0.05, 0) is 5.92 Å². The molecular weight excluding hydrogens is 156 g/mol. The summed E-state index contributed by atoms with van der Waals surface area (Å²) in [6, 6.07) is 0. The Kier molecular flexibility index (Phi) is 1.94. The van der Waals surface area contributed by atoms with E-state index < -0.39 is 6.29 Å². The smallest absolute Gasteiger partial charge is 0.155 e. The lowest BCUT2D eigenvalue weighted by Crippen LogP contribution is -2.18. The van der Waals surface area contributed by atoms with E-state index in [2.05, 4.69) is 6.58 Å². The van der Waals surface area contributed by atoms with E-state index in [1.807, 2.05) is 0 Å². The van der Waals surface area contributed by atoms with Gasteiger partial charge in [-0.25, -0.2) is 0 Å². The van der Waals surface area contributed by atoms with E-state index in [0.29, 0.717) is 12.8 Å². The fourth-order valence-corrected chi connectivity index (χ4v) is 2.39. The van der Waals surface area contributed by atoms with E-state index in [1.54, 1.807) is 6.08 Å². The quantitative estimate of drug-likeness (QED) is 0.556. The topological polar surface area (TPSA) is 49.7 Å². The van der Waals surface area contributed by atoms with Crippen LogP contribution in [0.1, 0.15) is 12.8 Å². The zero-order valence-electron chi connectivity index (χ0n) is 6.89. The lowest BCUT2D eigenvalue weighted by Gasteiger charge is -2.14. The Hall–Kier alpha value is -0.380. The maximum atomic E-state index is 9.55. The number of ether oxygens (including phenoxy) is 1. The monoisotopic (exact) mass is 170 g/mol. The van der Waals surface area contributed by atoms with Crippen molar-refractivity contribution in [3.63, 3.8) is 0 Å². The summed E-state index contributed by atoms with van der Waals surface area (Å²) < 4.78 is 5.24. The van der Waals surface area contributed by atoms with Crippen molar-refractivity contribution in [3.8, 4) is 0 Å². The zero-order chi connectivity index (χ0) is 8.72. The predicted octanol–water partition coefficient (Wildman–Crippen LogP) is 0.277. The van der Waals surface area contributed by atoms with Gasteiger partial charge in [-0.3, -0.25) is 0 Å². The van der Waals surface area contributed by atoms with Crippen molar-refractivity contribution < 1.29 is 14.9 Å². The SMILES string of the molecule is C=C[C@@H]1[C@H]2CC(O)O[C@H]2C[C@H]1O. The summed E-state index contributed by atoms with van der Waals surface area (Å²) >= 11 is 0. The summed E-state index contributed by atoms with van der Waals surface area (Å²) in [6.07, 6.45) is 2.13. The summed E-state index contributed by atoms with van der Waals surface area (Å²) in [5, 5.41) is 18.7. The van der Waals surface area contributed by atoms with E-state index in [4.69, 9.17) is 4.74 Å². The number of aliphatic hydroxyl groups is 2. The molecule has 2 fully saturated rings. The highest BCUT2D eigenvalue weighted by atomic mass is 16.6. The predicted molar refractivity (Wildman–Crippen MR) is 43.3 cm³/mol. The third-order valence-corrected chi connectivity index (χ3v) is 2.97. The van der Waals surface area contributed by atoms with E-state index in [0.717, 1.165) is 0 Å². The van der Waals surface area contributed by atoms with Crippen LogP contribution in [0.4, 0.5) is 0 Å². The lowest BCUT2D eigenvalue weighted by atomic mass is 9.92. The summed E-state index contributed by atoms with van der Waals surface area (Å²) in [4.78, 5) is 0. The van der Waals surface area contributed by atoms with Crippen LogP contribution in [0.25, 0.3) is 0 Å². The number of aliphatic hydroxyl groups excluding tert-OH is 2. The maximum Gasteiger partial charge on any atom is 0.155 e. The Morgan fingerprint density at radius 2 is 2.08 bits per heavy atom. The van der Waals surface area contributed by atoms with Gasteiger partial charge in [-0.2, -0.15) is 0 Å². The van der Waals surface area contributed by atoms with Crippen LogP contribution in [-0.2, 0) is 4.74 Å². The fraction of sp³-hybridized carbons (Fsp3) is 0.778. The molecule has 1 unspecified atom stereocenters. The van der Waals surface area contributed by atoms with Crippen LogP contribution in [0.15, 0.2) is 12.7 Å². The van der Waals surface area contributed by atoms with Gasteiger partial charge < -0.3 is 14.9 Å². The summed E-state index contributed by atoms with van der Waals surface area (Å²) in [5.41, 5.74) is 0. The first-order valence-electron chi connectivity index (χ1n) is 4.36. The first-order chi connectivity index (χ1) is 5.72. The Balaban J connectivity index is 2.11. The molecule has 2 N–H and O–H groups in total. The van der Waals surface area contributed by atoms with Gasteiger partial charge in [0, 0.05) is 18.8 Å². The minimum atomic E-state index is -0.630. The molecule has 3 heteroatoms. The molecule has 2 rings (SSSR count). The first kappa shape index (κ1) is 8.23. The summed E-state index contributed by atoms with van der Waals surface area (Å²) in [6.45, 7) is 3.68. The van der Waals surface area contributed by atoms with Crippen LogP contribution in [0.2, 0.25) is 0 Å². The minimum Gasteiger partial charge on any atom is -0.392 e. The average Bonchev–Trinajstić information content (AvgIpc) is 2.43. The number of fused-ring (bicyclic) bond motifs is 1. The molecule has 1 saturated carbocycles. The van der Waals surface area contributed by atoms with Crippen molar-refractivity contribution in [2.45, 2.75) is 31.3 Å². The number of hydrogen-bond donors (Lipinski definition) is 2. The van der Waals surface area contributed by atoms with Crippen LogP contribution < -0.4 is 0 Å². The molecule has 0 amide bonds. The molecule has 5 atom stereocenters. The molecular formula is C9H14O3. The Labute approximate surface area is 71.7 Å². The van der Waals surface area contributed by atoms with Crippen LogP contribution in [0, 0.1) is 11.8 Å². The zero-order valence-corrected chi connectivity index (χ0v) is 6.89. The van der Waals surface area contributed by atoms with E-state index in [-0.39, 0.29) is 24.0 Å². The van der Waals surface area contributed by atoms with Crippen LogP contribution >= 0.6 is 0 Å². The van der Waals surface area contributed by atoms with Crippen molar-refractivity contribution >= 4 is 0 Å². The maximum absolute atomic E-state index is 9.55. The molecule has 12 heavy (non-hydrogen) atoms. The highest BCUT2D eigenvalue weighted by Crippen LogP contribution is 2.42. The molecule has 0 aromatic rings. The lowest BCUT2D eigenvalue weighted by molar-refractivity contribution is -0.0949. The standard InChI is InChI=1S/C9H14O3/c1-2-5-6-3-9(11)12-8(6)4-7(5)10/h2,5-11H,1,3-4H2/t5-,6-,7-,8+,9?/m1/s1. The number of hydrogen-bond acceptors (Lipinski definition) is 3. The number of rotatable bonds is 1. The minimum absolute atomic E-state index is 0.0398. The van der Waals surface area contributed by atoms with Crippen LogP contribution in [0.5, 0.6) is 0 Å². The van der Waals surface area contributed by atoms with Gasteiger partial charge in [-0.1, -0.05) is 6.08 Å². The normalized spacial score (nSPS) is 52.3. The molecule has 0 bridgehead atoms. The van der Waals surface area contributed by atoms with Crippen LogP contribution in [0.3, 0.4) is 0 Å². The largest absolute Gasteiger partial charge is 0.392 e. The van der Waals surface area contributed by atoms with Gasteiger partial charge >= 0.3 is 0 Å². The summed E-state index contributed by atoms with van der Waals surface area (Å²) in [7, 11) is 0. The van der Waals surface area contributed by atoms with Gasteiger partial charge in [0.15, 0.2) is 6.29 Å². The molecule has 1 saturated heterocycles. The van der Waals surface area contributed by atoms with Gasteiger partial charge in [0.05, 0.1) is 12.2 Å². The Morgan fingerprint density at radius 3 is 2.75 bits per heavy atom. The molecule has 0 aromatic heterocycles. The Bertz CT molecular complexity index is 192. The fourth-order valence-electron chi connectivity index (χ4n) is 2.39. The molecule has 1 aliphatic heterocycles. The highest BCUT2D eigenvalue weighted by Gasteiger charge is 2.47. The second-order valence-corrected chi connectivity index (χ2v) is 3.64. The van der Waals surface area contributed by atoms with Gasteiger partial charge in [-0.15, -0.1) is 6.58 Å². The molecule has 2 aliphatic rings. The molecule has 0 radical (unpaired) electrons. The van der Waals surface area contributed by atoms with Crippen molar-refractivity contribution in [2.75, 3.05) is 0 Å². The van der Waals surface area contributed by atoms with Gasteiger partial charge in [0.1, 0.15) is 0 Å². The average molecular weight is 170 g/mol. The van der Waals surface area contributed by atoms with Crippen molar-refractivity contribution in [1.29, 1.82) is 0 Å². The molecule has 0 spiro atoms. The van der Waals surface area contributed by atoms with Crippen molar-refractivity contribution in [3.05, 3.63) is 12.7 Å². The molecule has 68 valence electrons. The molecule has 1 heterocycles. The van der Waals surface area contributed by atoms with E-state index >= 15 is 0 Å². The van der Waals surface area contributed by atoms with Crippen molar-refractivity contribution in [2.24, 2.45) is 11.8 Å². The van der Waals surface area contributed by atoms with Crippen molar-refractivity contribution in [1.82, 2.24) is 0 Å². The third-order valence-electron chi connectivity index (χ3n) is 2.97. The molecule has 0 aromatic carbocycles. The highest BCUT2D eigenvalue weighted by molar-refractivity contribution is 5.02. The molecule has 3 nitrogen and oxygen atoms in total. The van der Waals surface area contributed by atoms with Gasteiger partial charge in [0.25, 0.3) is 0 Å². The van der Waals surface area contributed by atoms with E-state index in [1.165, 1.54) is 0 Å². The van der Waals surface area contributed by atoms with Gasteiger partial charge in [0.2, 0.25) is 0 Å². The Morgan fingerprint density at radius 1 is 1.33 bits per heavy atom. The molecule has 1 aliphatic carbocycles. The second-order valence-electron chi connectivity index (χ2n) is 3.64. The first-order valence-corrected chi connectivity index (χ1v) is 4.36. The van der Waals surface area contributed by atoms with E-state index in [9.17, 15) is 10.2 Å².